The second kappa shape index (κ2) is 13.8. The number of nitrogens with zero attached hydrogens (tertiary/aromatic N) is 1. The Labute approximate surface area is 196 Å². The number of methoxy groups -OCH3 is 1. The van der Waals surface area contributed by atoms with Crippen LogP contribution in [0, 0.1) is 12.8 Å². The number of rotatable bonds is 12. The van der Waals surface area contributed by atoms with E-state index in [0.717, 1.165) is 24.8 Å². The minimum atomic E-state index is -0.318. The predicted molar refractivity (Wildman–Crippen MR) is 127 cm³/mol. The first-order chi connectivity index (χ1) is 15.8. The van der Waals surface area contributed by atoms with Gasteiger partial charge >= 0.3 is 0 Å². The highest BCUT2D eigenvalue weighted by Gasteiger charge is 2.25. The second-order valence-electron chi connectivity index (χ2n) is 8.64. The molecular weight excluding hydrogens is 424 g/mol. The van der Waals surface area contributed by atoms with Crippen LogP contribution < -0.4 is 20.7 Å². The number of aryl methyl sites for hydroxylation is 1. The summed E-state index contributed by atoms with van der Waals surface area (Å²) in [7, 11) is 1.54. The van der Waals surface area contributed by atoms with E-state index >= 15 is 0 Å². The molecule has 9 heteroatoms. The van der Waals surface area contributed by atoms with Gasteiger partial charge in [-0.15, -0.1) is 0 Å². The molecule has 1 aliphatic heterocycles. The normalized spacial score (nSPS) is 14.7. The van der Waals surface area contributed by atoms with E-state index in [4.69, 9.17) is 9.47 Å². The van der Waals surface area contributed by atoms with Gasteiger partial charge < -0.3 is 25.4 Å². The van der Waals surface area contributed by atoms with Gasteiger partial charge in [-0.2, -0.15) is 0 Å². The average molecular weight is 463 g/mol. The molecule has 0 aromatic heterocycles. The van der Waals surface area contributed by atoms with Crippen LogP contribution in [0.5, 0.6) is 5.75 Å². The molecular formula is C24H38N4O5. The molecule has 3 amide bonds. The van der Waals surface area contributed by atoms with E-state index < -0.39 is 0 Å². The number of carbonyl (C=O) groups is 3. The van der Waals surface area contributed by atoms with Crippen LogP contribution in [0.2, 0.25) is 0 Å². The van der Waals surface area contributed by atoms with Crippen molar-refractivity contribution in [2.24, 2.45) is 5.92 Å². The number of piperidine rings is 1. The summed E-state index contributed by atoms with van der Waals surface area (Å²) in [5.74, 6) is 0.0872. The van der Waals surface area contributed by atoms with Gasteiger partial charge in [0.2, 0.25) is 17.7 Å². The van der Waals surface area contributed by atoms with Gasteiger partial charge in [-0.05, 0) is 70.8 Å². The summed E-state index contributed by atoms with van der Waals surface area (Å²) >= 11 is 0. The van der Waals surface area contributed by atoms with Crippen molar-refractivity contribution in [3.63, 3.8) is 0 Å². The molecule has 1 aromatic carbocycles. The van der Waals surface area contributed by atoms with Crippen LogP contribution in [0.1, 0.15) is 38.7 Å². The monoisotopic (exact) mass is 462 g/mol. The molecule has 1 saturated heterocycles. The Morgan fingerprint density at radius 2 is 1.85 bits per heavy atom. The van der Waals surface area contributed by atoms with E-state index in [1.165, 1.54) is 7.11 Å². The lowest BCUT2D eigenvalue weighted by Gasteiger charge is -2.30. The molecule has 3 N–H and O–H groups in total. The zero-order chi connectivity index (χ0) is 24.2. The smallest absolute Gasteiger partial charge is 0.243 e. The van der Waals surface area contributed by atoms with Crippen molar-refractivity contribution in [1.82, 2.24) is 15.5 Å². The van der Waals surface area contributed by atoms with E-state index in [0.29, 0.717) is 37.7 Å². The van der Waals surface area contributed by atoms with Crippen molar-refractivity contribution in [2.45, 2.75) is 46.1 Å². The standard InChI is InChI=1S/C24H38N4O5/c1-17(2)33-13-5-10-25-24(31)19-8-11-28(12-9-19)16-23(30)26-15-22(29)27-20-14-18(3)6-7-21(20)32-4/h6-7,14,17,19H,5,8-13,15-16H2,1-4H3,(H,25,31)(H,26,30)(H,27,29). The Bertz CT molecular complexity index is 791. The molecule has 0 bridgehead atoms. The minimum Gasteiger partial charge on any atom is -0.495 e. The van der Waals surface area contributed by atoms with Crippen molar-refractivity contribution >= 4 is 23.4 Å². The molecule has 1 fully saturated rings. The number of amides is 3. The molecule has 2 rings (SSSR count). The highest BCUT2D eigenvalue weighted by Crippen LogP contribution is 2.25. The second-order valence-corrected chi connectivity index (χ2v) is 8.64. The number of nitrogens with one attached hydrogen (secondary N) is 3. The minimum absolute atomic E-state index is 0.0228. The molecule has 33 heavy (non-hydrogen) atoms. The maximum atomic E-state index is 12.3. The first-order valence-electron chi connectivity index (χ1n) is 11.6. The number of likely N-dealkylation sites (tertiary alicyclic amines) is 1. The maximum Gasteiger partial charge on any atom is 0.243 e. The fraction of sp³-hybridized carbons (Fsp3) is 0.625. The summed E-state index contributed by atoms with van der Waals surface area (Å²) in [5.41, 5.74) is 1.57. The van der Waals surface area contributed by atoms with Crippen LogP contribution in [0.15, 0.2) is 18.2 Å². The van der Waals surface area contributed by atoms with E-state index in [-0.39, 0.29) is 42.8 Å². The number of hydrogen-bond acceptors (Lipinski definition) is 6. The fourth-order valence-corrected chi connectivity index (χ4v) is 3.65. The SMILES string of the molecule is COc1ccc(C)cc1NC(=O)CNC(=O)CN1CCC(C(=O)NCCCOC(C)C)CC1. The lowest BCUT2D eigenvalue weighted by molar-refractivity contribution is -0.127. The largest absolute Gasteiger partial charge is 0.495 e. The molecule has 0 saturated carbocycles. The molecule has 184 valence electrons. The van der Waals surface area contributed by atoms with Crippen LogP contribution >= 0.6 is 0 Å². The van der Waals surface area contributed by atoms with Crippen LogP contribution in [0.25, 0.3) is 0 Å². The molecule has 0 aliphatic carbocycles. The summed E-state index contributed by atoms with van der Waals surface area (Å²) < 4.78 is 10.7. The van der Waals surface area contributed by atoms with Gasteiger partial charge in [-0.3, -0.25) is 19.3 Å². The lowest BCUT2D eigenvalue weighted by atomic mass is 9.96. The maximum absolute atomic E-state index is 12.3. The Balaban J connectivity index is 1.63. The van der Waals surface area contributed by atoms with Crippen LogP contribution in [0.4, 0.5) is 5.69 Å². The average Bonchev–Trinajstić information content (AvgIpc) is 2.78. The molecule has 1 aliphatic rings. The fourth-order valence-electron chi connectivity index (χ4n) is 3.65. The van der Waals surface area contributed by atoms with E-state index in [1.54, 1.807) is 6.07 Å². The molecule has 0 radical (unpaired) electrons. The lowest BCUT2D eigenvalue weighted by Crippen LogP contribution is -2.45. The quantitative estimate of drug-likeness (QED) is 0.408. The van der Waals surface area contributed by atoms with E-state index in [2.05, 4.69) is 16.0 Å². The van der Waals surface area contributed by atoms with Gasteiger partial charge in [0.25, 0.3) is 0 Å². The summed E-state index contributed by atoms with van der Waals surface area (Å²) in [6, 6.07) is 5.50. The number of ether oxygens (including phenoxy) is 2. The first-order valence-corrected chi connectivity index (χ1v) is 11.6. The molecule has 9 nitrogen and oxygen atoms in total. The first kappa shape index (κ1) is 26.6. The molecule has 0 atom stereocenters. The summed E-state index contributed by atoms with van der Waals surface area (Å²) in [4.78, 5) is 38.8. The number of anilines is 1. The highest BCUT2D eigenvalue weighted by molar-refractivity contribution is 5.96. The van der Waals surface area contributed by atoms with Crippen LogP contribution in [-0.4, -0.2) is 75.2 Å². The topological polar surface area (TPSA) is 109 Å². The number of hydrogen-bond donors (Lipinski definition) is 3. The Hall–Kier alpha value is -2.65. The summed E-state index contributed by atoms with van der Waals surface area (Å²) in [6.07, 6.45) is 2.44. The Kier molecular flexibility index (Phi) is 11.1. The molecule has 1 aromatic rings. The van der Waals surface area contributed by atoms with Gasteiger partial charge in [0.1, 0.15) is 5.75 Å². The van der Waals surface area contributed by atoms with Gasteiger partial charge in [0, 0.05) is 19.1 Å². The molecule has 0 unspecified atom stereocenters. The summed E-state index contributed by atoms with van der Waals surface area (Å²) in [5, 5.41) is 8.40. The zero-order valence-corrected chi connectivity index (χ0v) is 20.2. The van der Waals surface area contributed by atoms with Crippen molar-refractivity contribution in [3.05, 3.63) is 23.8 Å². The van der Waals surface area contributed by atoms with E-state index in [1.807, 2.05) is 37.8 Å². The van der Waals surface area contributed by atoms with Crippen molar-refractivity contribution in [3.8, 4) is 5.75 Å². The summed E-state index contributed by atoms with van der Waals surface area (Å²) in [6.45, 7) is 8.61. The zero-order valence-electron chi connectivity index (χ0n) is 20.2. The molecule has 1 heterocycles. The third-order valence-corrected chi connectivity index (χ3v) is 5.47. The Morgan fingerprint density at radius 3 is 2.52 bits per heavy atom. The van der Waals surface area contributed by atoms with Crippen molar-refractivity contribution in [1.29, 1.82) is 0 Å². The Morgan fingerprint density at radius 1 is 1.12 bits per heavy atom. The van der Waals surface area contributed by atoms with Gasteiger partial charge in [-0.1, -0.05) is 6.07 Å². The number of benzene rings is 1. The van der Waals surface area contributed by atoms with Crippen molar-refractivity contribution < 1.29 is 23.9 Å². The van der Waals surface area contributed by atoms with E-state index in [9.17, 15) is 14.4 Å². The van der Waals surface area contributed by atoms with Gasteiger partial charge in [0.15, 0.2) is 0 Å². The highest BCUT2D eigenvalue weighted by atomic mass is 16.5. The predicted octanol–water partition coefficient (Wildman–Crippen LogP) is 1.70. The number of carbonyl (C=O) groups excluding carboxylic acids is 3. The van der Waals surface area contributed by atoms with Crippen LogP contribution in [-0.2, 0) is 19.1 Å². The third kappa shape index (κ3) is 9.79. The van der Waals surface area contributed by atoms with Crippen LogP contribution in [0.3, 0.4) is 0 Å². The third-order valence-electron chi connectivity index (χ3n) is 5.47. The van der Waals surface area contributed by atoms with Gasteiger partial charge in [0.05, 0.1) is 32.0 Å². The van der Waals surface area contributed by atoms with Crippen molar-refractivity contribution in [2.75, 3.05) is 51.8 Å². The molecule has 0 spiro atoms. The van der Waals surface area contributed by atoms with Gasteiger partial charge in [-0.25, -0.2) is 0 Å².